The Morgan fingerprint density at radius 2 is 2.14 bits per heavy atom. The zero-order valence-corrected chi connectivity index (χ0v) is 17.1. The van der Waals surface area contributed by atoms with Crippen molar-refractivity contribution < 1.29 is 14.7 Å². The lowest BCUT2D eigenvalue weighted by atomic mass is 9.97. The molecule has 1 amide bonds. The van der Waals surface area contributed by atoms with Crippen molar-refractivity contribution in [3.05, 3.63) is 57.2 Å². The molecule has 152 valence electrons. The van der Waals surface area contributed by atoms with Gasteiger partial charge in [-0.1, -0.05) is 13.0 Å². The van der Waals surface area contributed by atoms with E-state index in [1.54, 1.807) is 22.2 Å². The quantitative estimate of drug-likeness (QED) is 0.459. The average molecular weight is 395 g/mol. The monoisotopic (exact) mass is 395 g/mol. The third kappa shape index (κ3) is 3.86. The third-order valence-corrected chi connectivity index (χ3v) is 5.10. The summed E-state index contributed by atoms with van der Waals surface area (Å²) in [5, 5.41) is 9.12. The molecule has 1 heterocycles. The van der Waals surface area contributed by atoms with Gasteiger partial charge in [0, 0.05) is 24.1 Å². The van der Waals surface area contributed by atoms with Crippen LogP contribution in [-0.4, -0.2) is 27.8 Å². The molecule has 7 nitrogen and oxygen atoms in total. The summed E-state index contributed by atoms with van der Waals surface area (Å²) >= 11 is 0. The Kier molecular flexibility index (Phi) is 5.98. The average Bonchev–Trinajstić information content (AvgIpc) is 2.72. The standard InChI is InChI=1S/C22H25N3O4/c1-5-19-23-17-12-18(29-4)15(9-10-20(26)24-28)11-16(17)22(27)25(19)21-13(2)7-6-8-14(21)3/h7,9-12,28H,5-6,8H2,1-4H3,(H,24,26)/b10-9+. The van der Waals surface area contributed by atoms with Crippen molar-refractivity contribution in [1.29, 1.82) is 0 Å². The Balaban J connectivity index is 2.31. The maximum Gasteiger partial charge on any atom is 0.267 e. The highest BCUT2D eigenvalue weighted by Crippen LogP contribution is 2.30. The Bertz CT molecular complexity index is 1120. The first kappa shape index (κ1) is 20.5. The fourth-order valence-corrected chi connectivity index (χ4v) is 3.68. The fourth-order valence-electron chi connectivity index (χ4n) is 3.68. The number of hydrogen-bond acceptors (Lipinski definition) is 5. The molecule has 0 unspecified atom stereocenters. The highest BCUT2D eigenvalue weighted by molar-refractivity contribution is 5.93. The van der Waals surface area contributed by atoms with E-state index in [1.165, 1.54) is 13.2 Å². The van der Waals surface area contributed by atoms with Crippen molar-refractivity contribution in [3.8, 4) is 5.75 Å². The molecule has 0 bridgehead atoms. The Labute approximate surface area is 169 Å². The lowest BCUT2D eigenvalue weighted by Crippen LogP contribution is -2.26. The molecule has 2 N–H and O–H groups in total. The Hall–Kier alpha value is -3.19. The van der Waals surface area contributed by atoms with Gasteiger partial charge in [-0.2, -0.15) is 0 Å². The van der Waals surface area contributed by atoms with Gasteiger partial charge in [0.1, 0.15) is 11.6 Å². The minimum atomic E-state index is -0.673. The van der Waals surface area contributed by atoms with E-state index in [4.69, 9.17) is 14.9 Å². The van der Waals surface area contributed by atoms with E-state index in [1.807, 2.05) is 13.8 Å². The number of amides is 1. The second-order valence-corrected chi connectivity index (χ2v) is 7.00. The number of carbonyl (C=O) groups is 1. The summed E-state index contributed by atoms with van der Waals surface area (Å²) in [7, 11) is 1.51. The normalized spacial score (nSPS) is 14.4. The van der Waals surface area contributed by atoms with Crippen LogP contribution in [0.3, 0.4) is 0 Å². The maximum absolute atomic E-state index is 13.5. The summed E-state index contributed by atoms with van der Waals surface area (Å²) in [5.74, 6) is 0.500. The first-order valence-electron chi connectivity index (χ1n) is 9.54. The van der Waals surface area contributed by atoms with Gasteiger partial charge in [0.25, 0.3) is 11.5 Å². The van der Waals surface area contributed by atoms with E-state index in [2.05, 4.69) is 13.0 Å². The highest BCUT2D eigenvalue weighted by Gasteiger charge is 2.19. The van der Waals surface area contributed by atoms with Crippen LogP contribution in [0.1, 0.15) is 45.0 Å². The number of ether oxygens (including phenoxy) is 1. The van der Waals surface area contributed by atoms with E-state index in [-0.39, 0.29) is 5.56 Å². The number of benzene rings is 1. The molecule has 0 saturated heterocycles. The van der Waals surface area contributed by atoms with E-state index in [0.29, 0.717) is 34.5 Å². The van der Waals surface area contributed by atoms with Crippen LogP contribution in [0.25, 0.3) is 22.7 Å². The van der Waals surface area contributed by atoms with E-state index >= 15 is 0 Å². The van der Waals surface area contributed by atoms with Gasteiger partial charge in [-0.25, -0.2) is 10.5 Å². The number of rotatable bonds is 5. The van der Waals surface area contributed by atoms with Crippen LogP contribution in [0, 0.1) is 0 Å². The molecule has 0 aliphatic heterocycles. The number of aryl methyl sites for hydroxylation is 1. The third-order valence-electron chi connectivity index (χ3n) is 5.10. The van der Waals surface area contributed by atoms with Gasteiger partial charge < -0.3 is 4.74 Å². The molecular weight excluding hydrogens is 370 g/mol. The molecule has 0 saturated carbocycles. The molecule has 1 aliphatic rings. The molecule has 0 spiro atoms. The van der Waals surface area contributed by atoms with Crippen LogP contribution in [-0.2, 0) is 11.2 Å². The van der Waals surface area contributed by atoms with Crippen molar-refractivity contribution >= 4 is 28.6 Å². The Morgan fingerprint density at radius 3 is 2.76 bits per heavy atom. The molecule has 3 rings (SSSR count). The van der Waals surface area contributed by atoms with Crippen LogP contribution in [0.5, 0.6) is 5.75 Å². The van der Waals surface area contributed by atoms with Gasteiger partial charge in [-0.05, 0) is 50.0 Å². The SMILES string of the molecule is CCc1nc2cc(OC)c(/C=C/C(=O)NO)cc2c(=O)n1C1=C(C)CCC=C1C. The summed E-state index contributed by atoms with van der Waals surface area (Å²) in [6.45, 7) is 6.05. The highest BCUT2D eigenvalue weighted by atomic mass is 16.5. The molecular formula is C22H25N3O4. The molecule has 1 aromatic carbocycles. The predicted octanol–water partition coefficient (Wildman–Crippen LogP) is 3.46. The minimum absolute atomic E-state index is 0.153. The smallest absolute Gasteiger partial charge is 0.267 e. The van der Waals surface area contributed by atoms with Crippen LogP contribution in [0.2, 0.25) is 0 Å². The van der Waals surface area contributed by atoms with Gasteiger partial charge in [-0.15, -0.1) is 0 Å². The van der Waals surface area contributed by atoms with E-state index in [9.17, 15) is 9.59 Å². The number of carbonyl (C=O) groups excluding carboxylic acids is 1. The summed E-state index contributed by atoms with van der Waals surface area (Å²) in [5.41, 5.74) is 5.62. The zero-order chi connectivity index (χ0) is 21.1. The first-order valence-corrected chi connectivity index (χ1v) is 9.54. The largest absolute Gasteiger partial charge is 0.496 e. The van der Waals surface area contributed by atoms with Crippen molar-refractivity contribution in [2.24, 2.45) is 0 Å². The van der Waals surface area contributed by atoms with Gasteiger partial charge in [0.05, 0.1) is 23.7 Å². The molecule has 0 radical (unpaired) electrons. The van der Waals surface area contributed by atoms with Crippen LogP contribution in [0.15, 0.2) is 40.2 Å². The van der Waals surface area contributed by atoms with Gasteiger partial charge >= 0.3 is 0 Å². The lowest BCUT2D eigenvalue weighted by Gasteiger charge is -2.22. The number of methoxy groups -OCH3 is 1. The van der Waals surface area contributed by atoms with Gasteiger partial charge in [-0.3, -0.25) is 19.4 Å². The molecule has 7 heteroatoms. The summed E-state index contributed by atoms with van der Waals surface area (Å²) in [6.07, 6.45) is 7.28. The van der Waals surface area contributed by atoms with Gasteiger partial charge in [0.15, 0.2) is 0 Å². The lowest BCUT2D eigenvalue weighted by molar-refractivity contribution is -0.124. The maximum atomic E-state index is 13.5. The fraction of sp³-hybridized carbons (Fsp3) is 0.318. The summed E-state index contributed by atoms with van der Waals surface area (Å²) < 4.78 is 7.11. The summed E-state index contributed by atoms with van der Waals surface area (Å²) in [6, 6.07) is 3.36. The first-order chi connectivity index (χ1) is 13.9. The number of fused-ring (bicyclic) bond motifs is 1. The van der Waals surface area contributed by atoms with Crippen molar-refractivity contribution in [2.75, 3.05) is 7.11 Å². The Morgan fingerprint density at radius 1 is 1.38 bits per heavy atom. The van der Waals surface area contributed by atoms with E-state index in [0.717, 1.165) is 35.8 Å². The number of hydroxylamine groups is 1. The second-order valence-electron chi connectivity index (χ2n) is 7.00. The van der Waals surface area contributed by atoms with Gasteiger partial charge in [0.2, 0.25) is 0 Å². The summed E-state index contributed by atoms with van der Waals surface area (Å²) in [4.78, 5) is 29.6. The minimum Gasteiger partial charge on any atom is -0.496 e. The number of allylic oxidation sites excluding steroid dienone is 4. The molecule has 0 atom stereocenters. The molecule has 2 aromatic rings. The van der Waals surface area contributed by atoms with Crippen molar-refractivity contribution in [1.82, 2.24) is 15.0 Å². The van der Waals surface area contributed by atoms with Crippen molar-refractivity contribution in [3.63, 3.8) is 0 Å². The predicted molar refractivity (Wildman–Crippen MR) is 113 cm³/mol. The molecule has 1 aromatic heterocycles. The second kappa shape index (κ2) is 8.45. The topological polar surface area (TPSA) is 93.5 Å². The van der Waals surface area contributed by atoms with Crippen LogP contribution < -0.4 is 15.8 Å². The van der Waals surface area contributed by atoms with Crippen molar-refractivity contribution in [2.45, 2.75) is 40.0 Å². The number of nitrogens with one attached hydrogen (secondary N) is 1. The van der Waals surface area contributed by atoms with Crippen LogP contribution >= 0.6 is 0 Å². The van der Waals surface area contributed by atoms with E-state index < -0.39 is 5.91 Å². The molecule has 1 aliphatic carbocycles. The van der Waals surface area contributed by atoms with Crippen LogP contribution in [0.4, 0.5) is 0 Å². The number of aromatic nitrogens is 2. The zero-order valence-electron chi connectivity index (χ0n) is 17.1. The molecule has 0 fully saturated rings. The molecule has 29 heavy (non-hydrogen) atoms. The number of hydrogen-bond donors (Lipinski definition) is 2. The number of nitrogens with zero attached hydrogens (tertiary/aromatic N) is 2.